The number of aliphatic hydroxyl groups excluding tert-OH is 1. The molecule has 4 rings (SSSR count). The van der Waals surface area contributed by atoms with Gasteiger partial charge in [0.05, 0.1) is 18.1 Å². The maximum atomic E-state index is 13.8. The Morgan fingerprint density at radius 2 is 1.94 bits per heavy atom. The van der Waals surface area contributed by atoms with Crippen LogP contribution in [0.4, 0.5) is 0 Å². The minimum Gasteiger partial charge on any atom is -0.391 e. The Morgan fingerprint density at radius 3 is 2.57 bits per heavy atom. The van der Waals surface area contributed by atoms with Crippen molar-refractivity contribution in [2.75, 3.05) is 19.3 Å². The van der Waals surface area contributed by atoms with Crippen molar-refractivity contribution < 1.29 is 23.1 Å². The fourth-order valence-corrected chi connectivity index (χ4v) is 5.85. The first-order valence-corrected chi connectivity index (χ1v) is 14.4. The molecule has 196 valence electrons. The van der Waals surface area contributed by atoms with E-state index in [-0.39, 0.29) is 43.3 Å². The topological polar surface area (TPSA) is 147 Å². The van der Waals surface area contributed by atoms with Gasteiger partial charge in [-0.25, -0.2) is 17.8 Å². The summed E-state index contributed by atoms with van der Waals surface area (Å²) in [7, 11) is -3.32. The molecule has 3 fully saturated rings. The molecule has 2 aliphatic carbocycles. The van der Waals surface area contributed by atoms with Crippen molar-refractivity contribution in [1.29, 1.82) is 0 Å². The minimum absolute atomic E-state index is 0.0116. The Labute approximate surface area is 207 Å². The summed E-state index contributed by atoms with van der Waals surface area (Å²) in [5, 5.41) is 22.0. The molecule has 1 aromatic heterocycles. The summed E-state index contributed by atoms with van der Waals surface area (Å²) in [4.78, 5) is 28.6. The lowest BCUT2D eigenvalue weighted by Crippen LogP contribution is -2.53. The van der Waals surface area contributed by atoms with E-state index in [0.717, 1.165) is 44.1 Å². The first kappa shape index (κ1) is 26.0. The summed E-state index contributed by atoms with van der Waals surface area (Å²) in [6, 6.07) is -1.64. The maximum Gasteiger partial charge on any atom is 0.248 e. The minimum atomic E-state index is -3.32. The van der Waals surface area contributed by atoms with Crippen LogP contribution in [0.5, 0.6) is 0 Å². The van der Waals surface area contributed by atoms with E-state index in [4.69, 9.17) is 0 Å². The van der Waals surface area contributed by atoms with Crippen molar-refractivity contribution >= 4 is 21.8 Å². The second-order valence-corrected chi connectivity index (χ2v) is 13.3. The number of hydrogen-bond acceptors (Lipinski definition) is 7. The number of rotatable bonds is 8. The van der Waals surface area contributed by atoms with Crippen molar-refractivity contribution in [3.8, 4) is 0 Å². The molecule has 3 N–H and O–H groups in total. The number of carbonyl (C=O) groups is 2. The summed E-state index contributed by atoms with van der Waals surface area (Å²) >= 11 is 0. The average molecular weight is 511 g/mol. The predicted molar refractivity (Wildman–Crippen MR) is 129 cm³/mol. The van der Waals surface area contributed by atoms with Crippen LogP contribution in [0, 0.1) is 11.3 Å². The summed E-state index contributed by atoms with van der Waals surface area (Å²) in [6.07, 6.45) is 6.93. The van der Waals surface area contributed by atoms with Gasteiger partial charge in [0, 0.05) is 37.7 Å². The van der Waals surface area contributed by atoms with Crippen LogP contribution < -0.4 is 10.0 Å². The summed E-state index contributed by atoms with van der Waals surface area (Å²) in [6.45, 7) is 6.20. The summed E-state index contributed by atoms with van der Waals surface area (Å²) in [5.74, 6) is -0.176. The van der Waals surface area contributed by atoms with Gasteiger partial charge >= 0.3 is 0 Å². The van der Waals surface area contributed by atoms with Crippen molar-refractivity contribution in [3.63, 3.8) is 0 Å². The zero-order valence-corrected chi connectivity index (χ0v) is 21.8. The second kappa shape index (κ2) is 9.78. The quantitative estimate of drug-likeness (QED) is 0.462. The van der Waals surface area contributed by atoms with E-state index in [1.165, 1.54) is 4.90 Å². The zero-order valence-electron chi connectivity index (χ0n) is 21.0. The Kier molecular flexibility index (Phi) is 7.27. The van der Waals surface area contributed by atoms with E-state index in [0.29, 0.717) is 5.92 Å². The third-order valence-electron chi connectivity index (χ3n) is 7.30. The lowest BCUT2D eigenvalue weighted by Gasteiger charge is -2.35. The number of likely N-dealkylation sites (tertiary alicyclic amines) is 1. The van der Waals surface area contributed by atoms with Gasteiger partial charge in [-0.2, -0.15) is 0 Å². The van der Waals surface area contributed by atoms with Crippen LogP contribution in [0.2, 0.25) is 0 Å². The van der Waals surface area contributed by atoms with Gasteiger partial charge in [0.1, 0.15) is 12.1 Å². The maximum absolute atomic E-state index is 13.8. The van der Waals surface area contributed by atoms with Crippen LogP contribution in [0.15, 0.2) is 6.20 Å². The van der Waals surface area contributed by atoms with E-state index in [2.05, 4.69) is 20.4 Å². The zero-order chi connectivity index (χ0) is 25.5. The van der Waals surface area contributed by atoms with E-state index >= 15 is 0 Å². The molecular weight excluding hydrogens is 472 g/mol. The van der Waals surface area contributed by atoms with Gasteiger partial charge in [-0.3, -0.25) is 9.59 Å². The number of sulfonamides is 1. The molecule has 1 aromatic rings. The lowest BCUT2D eigenvalue weighted by molar-refractivity contribution is -0.144. The molecular formula is C23H38N6O5S. The SMILES string of the molecule is CC(C)(C)[C@H](C(=O)N1C[C@H](O)C[C@H]1C(=O)NC1CCCC1CNS(C)(=O)=O)n1cc(C2CC2)nn1. The second-order valence-electron chi connectivity index (χ2n) is 11.5. The fraction of sp³-hybridized carbons (Fsp3) is 0.826. The highest BCUT2D eigenvalue weighted by molar-refractivity contribution is 7.88. The van der Waals surface area contributed by atoms with Crippen LogP contribution in [-0.4, -0.2) is 82.8 Å². The van der Waals surface area contributed by atoms with Gasteiger partial charge in [0.25, 0.3) is 0 Å². The predicted octanol–water partition coefficient (Wildman–Crippen LogP) is 0.539. The van der Waals surface area contributed by atoms with Crippen LogP contribution in [0.1, 0.15) is 76.9 Å². The summed E-state index contributed by atoms with van der Waals surface area (Å²) in [5.41, 5.74) is 0.395. The van der Waals surface area contributed by atoms with Crippen LogP contribution in [-0.2, 0) is 19.6 Å². The van der Waals surface area contributed by atoms with Gasteiger partial charge in [-0.05, 0) is 37.0 Å². The standard InChI is InChI=1S/C23H38N6O5S/c1-23(2,3)20(29-13-18(26-27-29)14-8-9-14)22(32)28-12-16(30)10-19(28)21(31)25-17-7-5-6-15(17)11-24-35(4,33)34/h13-17,19-20,24,30H,5-12H2,1-4H3,(H,25,31)/t15?,16-,17?,19+,20+/m1/s1. The number of amides is 2. The van der Waals surface area contributed by atoms with Crippen LogP contribution in [0.3, 0.4) is 0 Å². The molecule has 1 aliphatic heterocycles. The van der Waals surface area contributed by atoms with Crippen LogP contribution >= 0.6 is 0 Å². The van der Waals surface area contributed by atoms with E-state index in [1.807, 2.05) is 27.0 Å². The summed E-state index contributed by atoms with van der Waals surface area (Å²) < 4.78 is 27.2. The molecule has 0 radical (unpaired) electrons. The molecule has 2 amide bonds. The molecule has 2 unspecified atom stereocenters. The number of nitrogens with one attached hydrogen (secondary N) is 2. The van der Waals surface area contributed by atoms with Gasteiger partial charge in [0.15, 0.2) is 0 Å². The van der Waals surface area contributed by atoms with Crippen molar-refractivity contribution in [2.45, 2.75) is 89.4 Å². The largest absolute Gasteiger partial charge is 0.391 e. The first-order chi connectivity index (χ1) is 16.3. The highest BCUT2D eigenvalue weighted by atomic mass is 32.2. The lowest BCUT2D eigenvalue weighted by atomic mass is 9.85. The number of β-amino-alcohol motifs (C(OH)–C–C–N with tert-alkyl or cyclic N) is 1. The van der Waals surface area contributed by atoms with E-state index in [9.17, 15) is 23.1 Å². The van der Waals surface area contributed by atoms with E-state index in [1.54, 1.807) is 4.68 Å². The Bertz CT molecular complexity index is 1050. The average Bonchev–Trinajstić information content (AvgIpc) is 3.13. The first-order valence-electron chi connectivity index (χ1n) is 12.5. The molecule has 2 saturated carbocycles. The van der Waals surface area contributed by atoms with Gasteiger partial charge in [0.2, 0.25) is 21.8 Å². The number of nitrogens with zero attached hydrogens (tertiary/aromatic N) is 4. The number of aromatic nitrogens is 3. The Hall–Kier alpha value is -2.05. The molecule has 0 spiro atoms. The van der Waals surface area contributed by atoms with E-state index < -0.39 is 33.6 Å². The molecule has 5 atom stereocenters. The van der Waals surface area contributed by atoms with Crippen molar-refractivity contribution in [3.05, 3.63) is 11.9 Å². The number of hydrogen-bond donors (Lipinski definition) is 3. The number of aliphatic hydroxyl groups is 1. The molecule has 3 aliphatic rings. The Balaban J connectivity index is 1.48. The van der Waals surface area contributed by atoms with Gasteiger partial charge in [-0.15, -0.1) is 5.10 Å². The fourth-order valence-electron chi connectivity index (χ4n) is 5.33. The smallest absolute Gasteiger partial charge is 0.248 e. The van der Waals surface area contributed by atoms with Crippen molar-refractivity contribution in [2.24, 2.45) is 11.3 Å². The molecule has 2 heterocycles. The number of carbonyl (C=O) groups excluding carboxylic acids is 2. The normalized spacial score (nSPS) is 28.3. The van der Waals surface area contributed by atoms with Crippen LogP contribution in [0.25, 0.3) is 0 Å². The molecule has 1 saturated heterocycles. The third-order valence-corrected chi connectivity index (χ3v) is 7.99. The molecule has 0 aromatic carbocycles. The van der Waals surface area contributed by atoms with Gasteiger partial charge < -0.3 is 15.3 Å². The highest BCUT2D eigenvalue weighted by Crippen LogP contribution is 2.40. The monoisotopic (exact) mass is 510 g/mol. The Morgan fingerprint density at radius 1 is 1.23 bits per heavy atom. The molecule has 35 heavy (non-hydrogen) atoms. The highest BCUT2D eigenvalue weighted by Gasteiger charge is 2.46. The van der Waals surface area contributed by atoms with Crippen molar-refractivity contribution in [1.82, 2.24) is 29.9 Å². The van der Waals surface area contributed by atoms with Gasteiger partial charge in [-0.1, -0.05) is 32.4 Å². The third kappa shape index (κ3) is 6.21. The molecule has 12 heteroatoms. The molecule has 0 bridgehead atoms. The molecule has 11 nitrogen and oxygen atoms in total.